The summed E-state index contributed by atoms with van der Waals surface area (Å²) in [5.74, 6) is 0.434. The second-order valence-electron chi connectivity index (χ2n) is 9.71. The number of likely N-dealkylation sites (tertiary alicyclic amines) is 1. The number of nitrogens with one attached hydrogen (secondary N) is 1. The Morgan fingerprint density at radius 1 is 1.06 bits per heavy atom. The van der Waals surface area contributed by atoms with Gasteiger partial charge in [-0.3, -0.25) is 10.2 Å². The number of hydrogen-bond acceptors (Lipinski definition) is 4. The molecule has 32 heavy (non-hydrogen) atoms. The van der Waals surface area contributed by atoms with Crippen molar-refractivity contribution < 1.29 is 9.47 Å². The van der Waals surface area contributed by atoms with E-state index in [0.29, 0.717) is 12.1 Å². The maximum absolute atomic E-state index is 5.73. The number of fused-ring (bicyclic) bond motifs is 1. The molecular weight excluding hydrogens is 396 g/mol. The van der Waals surface area contributed by atoms with Crippen molar-refractivity contribution in [1.29, 1.82) is 0 Å². The van der Waals surface area contributed by atoms with E-state index in [-0.39, 0.29) is 12.2 Å². The summed E-state index contributed by atoms with van der Waals surface area (Å²) in [5.41, 5.74) is 7.88. The quantitative estimate of drug-likeness (QED) is 0.607. The predicted molar refractivity (Wildman–Crippen MR) is 130 cm³/mol. The van der Waals surface area contributed by atoms with Gasteiger partial charge in [0.05, 0.1) is 6.17 Å². The van der Waals surface area contributed by atoms with Crippen molar-refractivity contribution in [2.45, 2.75) is 63.3 Å². The van der Waals surface area contributed by atoms with E-state index in [4.69, 9.17) is 9.47 Å². The Kier molecular flexibility index (Phi) is 6.94. The van der Waals surface area contributed by atoms with Crippen LogP contribution in [0.2, 0.25) is 0 Å². The highest BCUT2D eigenvalue weighted by molar-refractivity contribution is 5.43. The summed E-state index contributed by atoms with van der Waals surface area (Å²) < 4.78 is 11.3. The van der Waals surface area contributed by atoms with Crippen LogP contribution in [0.15, 0.2) is 70.4 Å². The predicted octanol–water partition coefficient (Wildman–Crippen LogP) is 4.84. The Bertz CT molecular complexity index is 891. The lowest BCUT2D eigenvalue weighted by molar-refractivity contribution is 0.0131. The summed E-state index contributed by atoms with van der Waals surface area (Å²) >= 11 is 0. The van der Waals surface area contributed by atoms with Gasteiger partial charge in [-0.1, -0.05) is 42.0 Å². The molecule has 4 atom stereocenters. The van der Waals surface area contributed by atoms with Crippen LogP contribution in [0.3, 0.4) is 0 Å². The fraction of sp³-hybridized carbons (Fsp3) is 0.571. The fourth-order valence-corrected chi connectivity index (χ4v) is 6.19. The van der Waals surface area contributed by atoms with Crippen molar-refractivity contribution in [3.63, 3.8) is 0 Å². The number of methoxy groups -OCH3 is 2. The highest BCUT2D eigenvalue weighted by Crippen LogP contribution is 2.40. The number of nitrogens with zero attached hydrogens (tertiary/aromatic N) is 1. The van der Waals surface area contributed by atoms with Crippen molar-refractivity contribution in [3.05, 3.63) is 70.4 Å². The molecule has 0 spiro atoms. The number of rotatable bonds is 6. The van der Waals surface area contributed by atoms with Crippen molar-refractivity contribution in [3.8, 4) is 0 Å². The minimum atomic E-state index is -0.0106. The van der Waals surface area contributed by atoms with Crippen LogP contribution in [0.1, 0.15) is 44.9 Å². The van der Waals surface area contributed by atoms with Gasteiger partial charge in [-0.15, -0.1) is 0 Å². The third kappa shape index (κ3) is 4.38. The zero-order valence-corrected chi connectivity index (χ0v) is 19.7. The van der Waals surface area contributed by atoms with E-state index in [1.165, 1.54) is 44.1 Å². The van der Waals surface area contributed by atoms with E-state index in [1.54, 1.807) is 36.5 Å². The van der Waals surface area contributed by atoms with Gasteiger partial charge in [0.2, 0.25) is 0 Å². The molecule has 2 aliphatic heterocycles. The molecule has 1 fully saturated rings. The Hall–Kier alpha value is -1.72. The molecule has 1 saturated heterocycles. The van der Waals surface area contributed by atoms with Crippen LogP contribution in [-0.2, 0) is 9.47 Å². The lowest BCUT2D eigenvalue weighted by Crippen LogP contribution is -2.45. The molecule has 4 heteroatoms. The van der Waals surface area contributed by atoms with E-state index < -0.39 is 0 Å². The molecule has 0 aromatic rings. The zero-order chi connectivity index (χ0) is 21.9. The maximum Gasteiger partial charge on any atom is 0.106 e. The second kappa shape index (κ2) is 10.0. The first kappa shape index (κ1) is 22.1. The van der Waals surface area contributed by atoms with Crippen molar-refractivity contribution in [2.75, 3.05) is 33.9 Å². The standard InChI is InChI=1S/C28H38N2O2/c1-31-26-15-14-21(17-27(26)32-2)25-19-30(28-24(25)13-8-16-29-28)18-22-11-6-7-12-23(22)20-9-4-3-5-10-20/h3-4,9,13-15,17,25-29H,5-8,10-12,16,18-19H2,1-2H3. The Balaban J connectivity index is 1.40. The molecule has 0 saturated carbocycles. The van der Waals surface area contributed by atoms with Crippen LogP contribution in [0.5, 0.6) is 0 Å². The molecule has 0 aromatic heterocycles. The molecule has 5 rings (SSSR count). The number of allylic oxidation sites excluding steroid dienone is 6. The van der Waals surface area contributed by atoms with Crippen LogP contribution < -0.4 is 5.32 Å². The summed E-state index contributed by atoms with van der Waals surface area (Å²) in [6.07, 6.45) is 25.2. The molecule has 1 N–H and O–H groups in total. The normalized spacial score (nSPS) is 33.1. The van der Waals surface area contributed by atoms with Gasteiger partial charge in [-0.2, -0.15) is 0 Å². The Morgan fingerprint density at radius 3 is 2.75 bits per heavy atom. The van der Waals surface area contributed by atoms with Crippen molar-refractivity contribution in [2.24, 2.45) is 5.92 Å². The molecule has 0 amide bonds. The van der Waals surface area contributed by atoms with Crippen LogP contribution in [0, 0.1) is 5.92 Å². The third-order valence-corrected chi connectivity index (χ3v) is 7.85. The first-order chi connectivity index (χ1) is 15.8. The Morgan fingerprint density at radius 2 is 1.94 bits per heavy atom. The summed E-state index contributed by atoms with van der Waals surface area (Å²) in [5, 5.41) is 3.83. The van der Waals surface area contributed by atoms with Gasteiger partial charge in [-0.25, -0.2) is 0 Å². The second-order valence-corrected chi connectivity index (χ2v) is 9.71. The first-order valence-electron chi connectivity index (χ1n) is 12.5. The van der Waals surface area contributed by atoms with E-state index in [2.05, 4.69) is 52.7 Å². The van der Waals surface area contributed by atoms with Gasteiger partial charge in [0.25, 0.3) is 0 Å². The summed E-state index contributed by atoms with van der Waals surface area (Å²) in [6.45, 7) is 3.23. The molecule has 3 aliphatic carbocycles. The van der Waals surface area contributed by atoms with E-state index in [0.717, 1.165) is 26.1 Å². The van der Waals surface area contributed by atoms with Gasteiger partial charge in [0, 0.05) is 39.8 Å². The average Bonchev–Trinajstić information content (AvgIpc) is 3.23. The van der Waals surface area contributed by atoms with Crippen molar-refractivity contribution in [1.82, 2.24) is 10.2 Å². The molecule has 4 nitrogen and oxygen atoms in total. The number of ether oxygens (including phenoxy) is 2. The summed E-state index contributed by atoms with van der Waals surface area (Å²) in [6, 6.07) is 0. The molecule has 172 valence electrons. The maximum atomic E-state index is 5.73. The number of hydrogen-bond donors (Lipinski definition) is 1. The largest absolute Gasteiger partial charge is 0.374 e. The van der Waals surface area contributed by atoms with E-state index >= 15 is 0 Å². The Labute approximate surface area is 193 Å². The smallest absolute Gasteiger partial charge is 0.106 e. The zero-order valence-electron chi connectivity index (χ0n) is 19.7. The monoisotopic (exact) mass is 434 g/mol. The van der Waals surface area contributed by atoms with Gasteiger partial charge in [0.1, 0.15) is 12.2 Å². The van der Waals surface area contributed by atoms with Gasteiger partial charge in [-0.05, 0) is 73.3 Å². The topological polar surface area (TPSA) is 33.7 Å². The fourth-order valence-electron chi connectivity index (χ4n) is 6.19. The highest BCUT2D eigenvalue weighted by atomic mass is 16.5. The van der Waals surface area contributed by atoms with Gasteiger partial charge < -0.3 is 9.47 Å². The SMILES string of the molecule is COC1C=CC(C2CN(CC3=C(C4=CC=CCC4)CCCC3)C3NCCC=C23)=CC1OC. The lowest BCUT2D eigenvalue weighted by Gasteiger charge is -2.32. The third-order valence-electron chi connectivity index (χ3n) is 7.85. The van der Waals surface area contributed by atoms with Crippen LogP contribution in [0.25, 0.3) is 0 Å². The molecule has 0 bridgehead atoms. The van der Waals surface area contributed by atoms with Crippen LogP contribution in [-0.4, -0.2) is 57.1 Å². The lowest BCUT2D eigenvalue weighted by atomic mass is 9.84. The molecular formula is C28H38N2O2. The summed E-state index contributed by atoms with van der Waals surface area (Å²) in [7, 11) is 3.54. The first-order valence-corrected chi connectivity index (χ1v) is 12.5. The van der Waals surface area contributed by atoms with Crippen molar-refractivity contribution >= 4 is 0 Å². The molecule has 0 radical (unpaired) electrons. The minimum absolute atomic E-state index is 0.00304. The molecule has 5 aliphatic rings. The molecule has 0 aromatic carbocycles. The van der Waals surface area contributed by atoms with Crippen LogP contribution >= 0.6 is 0 Å². The minimum Gasteiger partial charge on any atom is -0.374 e. The summed E-state index contributed by atoms with van der Waals surface area (Å²) in [4.78, 5) is 2.70. The van der Waals surface area contributed by atoms with Crippen LogP contribution in [0.4, 0.5) is 0 Å². The van der Waals surface area contributed by atoms with Gasteiger partial charge in [0.15, 0.2) is 0 Å². The van der Waals surface area contributed by atoms with Gasteiger partial charge >= 0.3 is 0 Å². The van der Waals surface area contributed by atoms with E-state index in [9.17, 15) is 0 Å². The van der Waals surface area contributed by atoms with E-state index in [1.807, 2.05) is 0 Å². The molecule has 2 heterocycles. The average molecular weight is 435 g/mol. The highest BCUT2D eigenvalue weighted by Gasteiger charge is 2.40. The molecule has 4 unspecified atom stereocenters.